The first-order chi connectivity index (χ1) is 5.20. The number of hydrogen-bond acceptors (Lipinski definition) is 4. The molecule has 0 N–H and O–H groups in total. The zero-order valence-electron chi connectivity index (χ0n) is 6.56. The normalized spacial score (nSPS) is 8.67. The molecule has 0 spiro atoms. The minimum atomic E-state index is -1.31. The Hall–Kier alpha value is -0.650. The van der Waals surface area contributed by atoms with Gasteiger partial charge in [-0.1, -0.05) is 0 Å². The van der Waals surface area contributed by atoms with Crippen molar-refractivity contribution in [1.29, 1.82) is 0 Å². The number of carboxylic acids is 1. The van der Waals surface area contributed by atoms with Crippen molar-refractivity contribution in [3.63, 3.8) is 0 Å². The minimum absolute atomic E-state index is 0. The van der Waals surface area contributed by atoms with Crippen LogP contribution in [0.1, 0.15) is 0 Å². The van der Waals surface area contributed by atoms with E-state index in [9.17, 15) is 14.7 Å². The van der Waals surface area contributed by atoms with Crippen LogP contribution in [0.5, 0.6) is 0 Å². The fourth-order valence-electron chi connectivity index (χ4n) is 0.636. The summed E-state index contributed by atoms with van der Waals surface area (Å²) in [5.74, 6) is -1.31. The monoisotopic (exact) mass is 176 g/mol. The smallest absolute Gasteiger partial charge is 0.548 e. The summed E-state index contributed by atoms with van der Waals surface area (Å²) in [7, 11) is 0. The number of carbonyl (C=O) groups is 1. The maximum atomic E-state index is 10.8. The van der Waals surface area contributed by atoms with Gasteiger partial charge in [-0.15, -0.1) is 0 Å². The molecule has 0 bridgehead atoms. The molecule has 0 aromatic carbocycles. The molecule has 0 amide bonds. The quantitative estimate of drug-likeness (QED) is 0.423. The van der Waals surface area contributed by atoms with E-state index in [0.717, 1.165) is 10.9 Å². The fraction of sp³-hybridized carbons (Fsp3) is 0.167. The van der Waals surface area contributed by atoms with Crippen molar-refractivity contribution in [3.8, 4) is 0 Å². The van der Waals surface area contributed by atoms with Gasteiger partial charge in [0.05, 0.1) is 18.8 Å². The van der Waals surface area contributed by atoms with Crippen LogP contribution in [0, 0.1) is 0 Å². The molecule has 0 unspecified atom stereocenters. The van der Waals surface area contributed by atoms with Gasteiger partial charge < -0.3 is 9.90 Å². The van der Waals surface area contributed by atoms with Gasteiger partial charge in [0.1, 0.15) is 0 Å². The van der Waals surface area contributed by atoms with Crippen LogP contribution in [0.25, 0.3) is 0 Å². The van der Waals surface area contributed by atoms with Crippen LogP contribution in [-0.4, -0.2) is 15.5 Å². The number of rotatable bonds is 2. The van der Waals surface area contributed by atoms with Crippen molar-refractivity contribution in [1.82, 2.24) is 9.55 Å². The molecule has 12 heavy (non-hydrogen) atoms. The summed E-state index contributed by atoms with van der Waals surface area (Å²) in [6.07, 6.45) is 2.45. The summed E-state index contributed by atoms with van der Waals surface area (Å²) in [6.45, 7) is -0.452. The largest absolute Gasteiger partial charge is 1.00 e. The predicted octanol–water partition coefficient (Wildman–Crippen LogP) is -5.00. The Bertz CT molecular complexity index is 323. The molecule has 0 saturated carbocycles. The fourth-order valence-corrected chi connectivity index (χ4v) is 0.636. The SMILES string of the molecule is O=C([O-])Cn1cnccc1=O.[Na+]. The van der Waals surface area contributed by atoms with E-state index in [2.05, 4.69) is 4.98 Å². The van der Waals surface area contributed by atoms with E-state index in [1.165, 1.54) is 12.3 Å². The van der Waals surface area contributed by atoms with E-state index in [1.807, 2.05) is 0 Å². The molecule has 0 saturated heterocycles. The summed E-state index contributed by atoms with van der Waals surface area (Å²) in [5, 5.41) is 10.0. The van der Waals surface area contributed by atoms with E-state index in [0.29, 0.717) is 0 Å². The van der Waals surface area contributed by atoms with Crippen LogP contribution in [-0.2, 0) is 11.3 Å². The third kappa shape index (κ3) is 3.17. The van der Waals surface area contributed by atoms with Crippen LogP contribution in [0.2, 0.25) is 0 Å². The molecule has 58 valence electrons. The number of aromatic nitrogens is 2. The van der Waals surface area contributed by atoms with Crippen LogP contribution >= 0.6 is 0 Å². The zero-order chi connectivity index (χ0) is 8.27. The van der Waals surface area contributed by atoms with Gasteiger partial charge in [-0.05, 0) is 0 Å². The van der Waals surface area contributed by atoms with Gasteiger partial charge in [0.25, 0.3) is 5.56 Å². The number of hydrogen-bond donors (Lipinski definition) is 0. The van der Waals surface area contributed by atoms with Gasteiger partial charge in [0, 0.05) is 12.3 Å². The molecule has 0 aliphatic rings. The van der Waals surface area contributed by atoms with Crippen molar-refractivity contribution in [2.45, 2.75) is 6.54 Å². The second-order valence-electron chi connectivity index (χ2n) is 1.92. The molecule has 1 heterocycles. The molecular weight excluding hydrogens is 171 g/mol. The standard InChI is InChI=1S/C6H6N2O3.Na/c9-5-1-2-7-4-8(5)3-6(10)11;/h1-2,4H,3H2,(H,10,11);/q;+1/p-1. The van der Waals surface area contributed by atoms with Gasteiger partial charge in [0.2, 0.25) is 0 Å². The second kappa shape index (κ2) is 5.08. The van der Waals surface area contributed by atoms with E-state index in [4.69, 9.17) is 0 Å². The third-order valence-corrected chi connectivity index (χ3v) is 1.09. The second-order valence-corrected chi connectivity index (χ2v) is 1.92. The molecule has 1 aromatic rings. The predicted molar refractivity (Wildman–Crippen MR) is 33.5 cm³/mol. The van der Waals surface area contributed by atoms with Crippen molar-refractivity contribution in [2.75, 3.05) is 0 Å². The van der Waals surface area contributed by atoms with Crippen LogP contribution < -0.4 is 40.2 Å². The van der Waals surface area contributed by atoms with E-state index < -0.39 is 18.1 Å². The Balaban J connectivity index is 0.00000121. The Morgan fingerprint density at radius 1 is 1.67 bits per heavy atom. The number of carbonyl (C=O) groups excluding carboxylic acids is 1. The molecule has 0 radical (unpaired) electrons. The molecule has 0 atom stereocenters. The van der Waals surface area contributed by atoms with Crippen LogP contribution in [0.3, 0.4) is 0 Å². The third-order valence-electron chi connectivity index (χ3n) is 1.09. The van der Waals surface area contributed by atoms with Crippen molar-refractivity contribution in [3.05, 3.63) is 28.9 Å². The summed E-state index contributed by atoms with van der Waals surface area (Å²) in [6, 6.07) is 1.18. The van der Waals surface area contributed by atoms with Crippen LogP contribution in [0.4, 0.5) is 0 Å². The number of carboxylic acid groups (broad SMARTS) is 1. The molecule has 1 aromatic heterocycles. The molecular formula is C6H5N2NaO3. The topological polar surface area (TPSA) is 75.0 Å². The van der Waals surface area contributed by atoms with Gasteiger partial charge >= 0.3 is 29.6 Å². The first-order valence-electron chi connectivity index (χ1n) is 2.90. The molecule has 5 nitrogen and oxygen atoms in total. The zero-order valence-corrected chi connectivity index (χ0v) is 8.56. The summed E-state index contributed by atoms with van der Waals surface area (Å²) >= 11 is 0. The van der Waals surface area contributed by atoms with Crippen LogP contribution in [0.15, 0.2) is 23.4 Å². The van der Waals surface area contributed by atoms with Crippen molar-refractivity contribution in [2.24, 2.45) is 0 Å². The first kappa shape index (κ1) is 11.4. The molecule has 0 aliphatic heterocycles. The van der Waals surface area contributed by atoms with Gasteiger partial charge in [-0.2, -0.15) is 0 Å². The Morgan fingerprint density at radius 2 is 2.33 bits per heavy atom. The van der Waals surface area contributed by atoms with E-state index in [-0.39, 0.29) is 29.6 Å². The number of aliphatic carboxylic acids is 1. The maximum absolute atomic E-state index is 10.8. The average Bonchev–Trinajstić information content (AvgIpc) is 1.93. The van der Waals surface area contributed by atoms with Gasteiger partial charge in [0.15, 0.2) is 0 Å². The Labute approximate surface area is 90.3 Å². The molecule has 0 fully saturated rings. The van der Waals surface area contributed by atoms with E-state index >= 15 is 0 Å². The maximum Gasteiger partial charge on any atom is 1.00 e. The van der Waals surface area contributed by atoms with Crippen molar-refractivity contribution < 1.29 is 39.5 Å². The summed E-state index contributed by atoms with van der Waals surface area (Å²) in [4.78, 5) is 24.4. The summed E-state index contributed by atoms with van der Waals surface area (Å²) in [5.41, 5.74) is -0.399. The van der Waals surface area contributed by atoms with Crippen molar-refractivity contribution >= 4 is 5.97 Å². The minimum Gasteiger partial charge on any atom is -0.548 e. The number of nitrogens with zero attached hydrogens (tertiary/aromatic N) is 2. The summed E-state index contributed by atoms with van der Waals surface area (Å²) < 4.78 is 0.954. The average molecular weight is 176 g/mol. The molecule has 0 aliphatic carbocycles. The van der Waals surface area contributed by atoms with Gasteiger partial charge in [-0.25, -0.2) is 4.98 Å². The first-order valence-corrected chi connectivity index (χ1v) is 2.90. The Morgan fingerprint density at radius 3 is 2.83 bits per heavy atom. The molecule has 1 rings (SSSR count). The van der Waals surface area contributed by atoms with Gasteiger partial charge in [-0.3, -0.25) is 9.36 Å². The Kier molecular flexibility index (Phi) is 4.80. The molecule has 6 heteroatoms. The van der Waals surface area contributed by atoms with E-state index in [1.54, 1.807) is 0 Å².